The molecule has 1 heterocycles. The van der Waals surface area contributed by atoms with Crippen LogP contribution in [0.25, 0.3) is 10.8 Å². The average molecular weight is 409 g/mol. The number of fused-ring (bicyclic) bond motifs is 1. The van der Waals surface area contributed by atoms with Crippen molar-refractivity contribution in [3.05, 3.63) is 70.1 Å². The number of aromatic nitrogens is 2. The lowest BCUT2D eigenvalue weighted by Gasteiger charge is -2.10. The highest BCUT2D eigenvalue weighted by atomic mass is 32.2. The Morgan fingerprint density at radius 1 is 1.14 bits per heavy atom. The fourth-order valence-corrected chi connectivity index (χ4v) is 3.38. The van der Waals surface area contributed by atoms with Crippen molar-refractivity contribution in [2.75, 3.05) is 6.26 Å². The van der Waals surface area contributed by atoms with Gasteiger partial charge < -0.3 is 0 Å². The van der Waals surface area contributed by atoms with Crippen molar-refractivity contribution in [1.82, 2.24) is 15.2 Å². The van der Waals surface area contributed by atoms with Gasteiger partial charge >= 0.3 is 0 Å². The maximum absolute atomic E-state index is 12.7. The number of hydrazone groups is 1. The molecule has 0 atom stereocenters. The summed E-state index contributed by atoms with van der Waals surface area (Å²) in [5.41, 5.74) is 3.43. The van der Waals surface area contributed by atoms with E-state index in [4.69, 9.17) is 0 Å². The molecule has 0 spiro atoms. The molecule has 0 saturated heterocycles. The zero-order valence-corrected chi connectivity index (χ0v) is 17.4. The van der Waals surface area contributed by atoms with Crippen molar-refractivity contribution in [1.29, 1.82) is 0 Å². The summed E-state index contributed by atoms with van der Waals surface area (Å²) < 4.78 is 1.39. The number of hydrogen-bond donors (Lipinski definition) is 1. The van der Waals surface area contributed by atoms with Gasteiger partial charge in [0.2, 0.25) is 0 Å². The first-order valence-corrected chi connectivity index (χ1v) is 10.8. The van der Waals surface area contributed by atoms with E-state index in [-0.39, 0.29) is 11.3 Å². The van der Waals surface area contributed by atoms with Crippen molar-refractivity contribution in [2.24, 2.45) is 5.10 Å². The Labute approximate surface area is 174 Å². The van der Waals surface area contributed by atoms with Crippen molar-refractivity contribution in [2.45, 2.75) is 37.6 Å². The number of thioether (sulfide) groups is 1. The highest BCUT2D eigenvalue weighted by molar-refractivity contribution is 7.98. The molecule has 6 nitrogen and oxygen atoms in total. The van der Waals surface area contributed by atoms with Crippen LogP contribution in [0, 0.1) is 0 Å². The number of aryl methyl sites for hydroxylation is 1. The monoisotopic (exact) mass is 408 g/mol. The number of benzene rings is 2. The number of unbranched alkanes of at least 4 members (excludes halogenated alkanes) is 2. The van der Waals surface area contributed by atoms with Crippen LogP contribution in [0.15, 0.2) is 63.3 Å². The lowest BCUT2D eigenvalue weighted by atomic mass is 10.1. The highest BCUT2D eigenvalue weighted by Crippen LogP contribution is 2.15. The van der Waals surface area contributed by atoms with Crippen LogP contribution in [-0.4, -0.2) is 28.2 Å². The largest absolute Gasteiger partial charge is 0.292 e. The summed E-state index contributed by atoms with van der Waals surface area (Å²) in [6.45, 7) is 2.59. The molecule has 1 N–H and O–H groups in total. The molecule has 0 radical (unpaired) electrons. The number of carbonyl (C=O) groups excluding carboxylic acids is 1. The maximum atomic E-state index is 12.7. The predicted octanol–water partition coefficient (Wildman–Crippen LogP) is 4.07. The van der Waals surface area contributed by atoms with Crippen LogP contribution in [0.3, 0.4) is 0 Å². The van der Waals surface area contributed by atoms with Crippen LogP contribution in [0.5, 0.6) is 0 Å². The Bertz CT molecular complexity index is 1070. The fourth-order valence-electron chi connectivity index (χ4n) is 2.97. The second-order valence-electron chi connectivity index (χ2n) is 6.60. The minimum absolute atomic E-state index is 0.175. The summed E-state index contributed by atoms with van der Waals surface area (Å²) in [6.07, 6.45) is 6.49. The van der Waals surface area contributed by atoms with Gasteiger partial charge in [-0.3, -0.25) is 9.59 Å². The Hall–Kier alpha value is -2.93. The molecule has 0 aliphatic carbocycles. The van der Waals surface area contributed by atoms with Crippen LogP contribution < -0.4 is 11.0 Å². The van der Waals surface area contributed by atoms with Crippen LogP contribution in [0.4, 0.5) is 0 Å². The van der Waals surface area contributed by atoms with E-state index in [1.54, 1.807) is 42.2 Å². The number of nitrogens with one attached hydrogen (secondary N) is 1. The molecule has 0 unspecified atom stereocenters. The molecule has 0 fully saturated rings. The summed E-state index contributed by atoms with van der Waals surface area (Å²) in [6, 6.07) is 14.9. The third-order valence-corrected chi connectivity index (χ3v) is 5.30. The van der Waals surface area contributed by atoms with Crippen LogP contribution in [0.1, 0.15) is 42.2 Å². The van der Waals surface area contributed by atoms with Gasteiger partial charge in [0.05, 0.1) is 11.6 Å². The molecule has 0 aliphatic heterocycles. The highest BCUT2D eigenvalue weighted by Gasteiger charge is 2.16. The summed E-state index contributed by atoms with van der Waals surface area (Å²) in [5.74, 6) is -0.442. The first-order chi connectivity index (χ1) is 14.1. The number of nitrogens with zero attached hydrogens (tertiary/aromatic N) is 3. The Morgan fingerprint density at radius 2 is 1.86 bits per heavy atom. The maximum Gasteiger partial charge on any atom is 0.292 e. The van der Waals surface area contributed by atoms with Gasteiger partial charge in [0.25, 0.3) is 11.5 Å². The third-order valence-electron chi connectivity index (χ3n) is 4.55. The Balaban J connectivity index is 1.84. The van der Waals surface area contributed by atoms with Crippen molar-refractivity contribution < 1.29 is 4.79 Å². The van der Waals surface area contributed by atoms with Gasteiger partial charge in [-0.25, -0.2) is 10.1 Å². The van der Waals surface area contributed by atoms with E-state index < -0.39 is 5.91 Å². The first kappa shape index (κ1) is 20.8. The Kier molecular flexibility index (Phi) is 7.19. The molecular formula is C22H24N4O2S. The van der Waals surface area contributed by atoms with Crippen LogP contribution in [-0.2, 0) is 6.54 Å². The fraction of sp³-hybridized carbons (Fsp3) is 0.273. The minimum Gasteiger partial charge on any atom is -0.267 e. The van der Waals surface area contributed by atoms with E-state index in [0.717, 1.165) is 29.7 Å². The summed E-state index contributed by atoms with van der Waals surface area (Å²) in [5, 5.41) is 9.40. The van der Waals surface area contributed by atoms with E-state index in [1.807, 2.05) is 30.5 Å². The molecule has 1 amide bonds. The van der Waals surface area contributed by atoms with Crippen molar-refractivity contribution >= 4 is 34.7 Å². The third kappa shape index (κ3) is 5.12. The van der Waals surface area contributed by atoms with Crippen LogP contribution in [0.2, 0.25) is 0 Å². The van der Waals surface area contributed by atoms with Crippen molar-refractivity contribution in [3.8, 4) is 0 Å². The topological polar surface area (TPSA) is 76.3 Å². The standard InChI is InChI=1S/C22H24N4O2S/c1-3-4-7-14-26-22(28)19-9-6-5-8-18(19)20(25-26)21(27)24-23-15-16-10-12-17(29-2)13-11-16/h5-6,8-13,15H,3-4,7,14H2,1-2H3,(H,24,27)/b23-15-. The lowest BCUT2D eigenvalue weighted by Crippen LogP contribution is -2.29. The number of rotatable bonds is 8. The summed E-state index contributed by atoms with van der Waals surface area (Å²) >= 11 is 1.66. The number of hydrogen-bond acceptors (Lipinski definition) is 5. The molecule has 150 valence electrons. The van der Waals surface area contributed by atoms with Gasteiger partial charge in [-0.05, 0) is 36.4 Å². The smallest absolute Gasteiger partial charge is 0.267 e. The van der Waals surface area contributed by atoms with E-state index in [2.05, 4.69) is 22.5 Å². The van der Waals surface area contributed by atoms with E-state index >= 15 is 0 Å². The molecule has 0 aliphatic rings. The zero-order chi connectivity index (χ0) is 20.6. The predicted molar refractivity (Wildman–Crippen MR) is 119 cm³/mol. The SMILES string of the molecule is CCCCCn1nc(C(=O)N/N=C\c2ccc(SC)cc2)c2ccccc2c1=O. The zero-order valence-electron chi connectivity index (χ0n) is 16.6. The lowest BCUT2D eigenvalue weighted by molar-refractivity contribution is 0.0949. The average Bonchev–Trinajstić information content (AvgIpc) is 2.76. The van der Waals surface area contributed by atoms with Gasteiger partial charge in [-0.1, -0.05) is 50.1 Å². The normalized spacial score (nSPS) is 11.2. The minimum atomic E-state index is -0.442. The quantitative estimate of drug-likeness (QED) is 0.264. The van der Waals surface area contributed by atoms with E-state index in [0.29, 0.717) is 17.3 Å². The Morgan fingerprint density at radius 3 is 2.55 bits per heavy atom. The van der Waals surface area contributed by atoms with Crippen LogP contribution >= 0.6 is 11.8 Å². The van der Waals surface area contributed by atoms with Gasteiger partial charge in [0.1, 0.15) is 0 Å². The summed E-state index contributed by atoms with van der Waals surface area (Å²) in [4.78, 5) is 26.6. The van der Waals surface area contributed by atoms with Gasteiger partial charge in [0, 0.05) is 16.8 Å². The van der Waals surface area contributed by atoms with Gasteiger partial charge in [0.15, 0.2) is 5.69 Å². The molecule has 7 heteroatoms. The number of carbonyl (C=O) groups is 1. The van der Waals surface area contributed by atoms with E-state index in [9.17, 15) is 9.59 Å². The summed E-state index contributed by atoms with van der Waals surface area (Å²) in [7, 11) is 0. The van der Waals surface area contributed by atoms with Crippen molar-refractivity contribution in [3.63, 3.8) is 0 Å². The molecule has 0 bridgehead atoms. The molecule has 3 aromatic rings. The second-order valence-corrected chi connectivity index (χ2v) is 7.48. The van der Waals surface area contributed by atoms with Gasteiger partial charge in [-0.15, -0.1) is 11.8 Å². The van der Waals surface area contributed by atoms with E-state index in [1.165, 1.54) is 4.68 Å². The molecule has 3 rings (SSSR count). The first-order valence-electron chi connectivity index (χ1n) is 9.61. The number of amides is 1. The molecule has 1 aromatic heterocycles. The molecule has 0 saturated carbocycles. The molecular weight excluding hydrogens is 384 g/mol. The molecule has 29 heavy (non-hydrogen) atoms. The molecule has 2 aromatic carbocycles. The van der Waals surface area contributed by atoms with Gasteiger partial charge in [-0.2, -0.15) is 10.2 Å². The second kappa shape index (κ2) is 10.0.